The molecule has 0 spiro atoms. The fraction of sp³-hybridized carbons (Fsp3) is 0.562. The first-order valence-electron chi connectivity index (χ1n) is 7.24. The van der Waals surface area contributed by atoms with Gasteiger partial charge in [0.15, 0.2) is 0 Å². The first-order valence-corrected chi connectivity index (χ1v) is 7.24. The van der Waals surface area contributed by atoms with Gasteiger partial charge in [-0.05, 0) is 49.6 Å². The maximum Gasteiger partial charge on any atom is 0.227 e. The van der Waals surface area contributed by atoms with Gasteiger partial charge in [0.05, 0.1) is 13.5 Å². The minimum Gasteiger partial charge on any atom is -0.496 e. The largest absolute Gasteiger partial charge is 0.496 e. The third-order valence-electron chi connectivity index (χ3n) is 3.89. The van der Waals surface area contributed by atoms with E-state index in [4.69, 9.17) is 4.74 Å². The van der Waals surface area contributed by atoms with Gasteiger partial charge >= 0.3 is 0 Å². The molecule has 4 nitrogen and oxygen atoms in total. The van der Waals surface area contributed by atoms with Crippen LogP contribution in [0.4, 0.5) is 0 Å². The lowest BCUT2D eigenvalue weighted by Gasteiger charge is -2.21. The third kappa shape index (κ3) is 3.51. The molecule has 2 rings (SSSR count). The van der Waals surface area contributed by atoms with Crippen LogP contribution in [0.2, 0.25) is 0 Å². The lowest BCUT2D eigenvalue weighted by molar-refractivity contribution is -0.130. The number of hydrogen-bond donors (Lipinski definition) is 1. The van der Waals surface area contributed by atoms with E-state index in [2.05, 4.69) is 11.4 Å². The van der Waals surface area contributed by atoms with Gasteiger partial charge < -0.3 is 15.0 Å². The van der Waals surface area contributed by atoms with Gasteiger partial charge in [0.1, 0.15) is 5.75 Å². The summed E-state index contributed by atoms with van der Waals surface area (Å²) in [5.41, 5.74) is 3.30. The van der Waals surface area contributed by atoms with Crippen LogP contribution in [0.25, 0.3) is 0 Å². The molecule has 1 fully saturated rings. The Bertz CT molecular complexity index is 478. The van der Waals surface area contributed by atoms with Crippen LogP contribution < -0.4 is 10.1 Å². The number of carbonyl (C=O) groups excluding carboxylic acids is 1. The molecule has 4 heteroatoms. The molecule has 0 atom stereocenters. The van der Waals surface area contributed by atoms with Gasteiger partial charge in [-0.25, -0.2) is 0 Å². The first kappa shape index (κ1) is 14.9. The summed E-state index contributed by atoms with van der Waals surface area (Å²) in [4.78, 5) is 14.4. The monoisotopic (exact) mass is 276 g/mol. The van der Waals surface area contributed by atoms with Crippen LogP contribution in [-0.4, -0.2) is 44.1 Å². The molecule has 1 heterocycles. The minimum absolute atomic E-state index is 0.223. The van der Waals surface area contributed by atoms with Gasteiger partial charge in [-0.2, -0.15) is 0 Å². The van der Waals surface area contributed by atoms with E-state index in [1.54, 1.807) is 7.11 Å². The summed E-state index contributed by atoms with van der Waals surface area (Å²) in [6, 6.07) is 4.09. The fourth-order valence-corrected chi connectivity index (χ4v) is 2.63. The summed E-state index contributed by atoms with van der Waals surface area (Å²) < 4.78 is 5.32. The Hall–Kier alpha value is -1.55. The van der Waals surface area contributed by atoms with Crippen molar-refractivity contribution < 1.29 is 9.53 Å². The number of amides is 1. The Kier molecular flexibility index (Phi) is 5.01. The standard InChI is InChI=1S/C16H24N2O2/c1-12-10-15(20-3)13(2)9-14(12)11-16(19)18-7-4-5-17-6-8-18/h9-10,17H,4-8,11H2,1-3H3. The first-order chi connectivity index (χ1) is 9.61. The van der Waals surface area contributed by atoms with Crippen LogP contribution in [0.5, 0.6) is 5.75 Å². The number of carbonyl (C=O) groups is 1. The maximum atomic E-state index is 12.4. The van der Waals surface area contributed by atoms with Gasteiger partial charge in [0.2, 0.25) is 5.91 Å². The number of hydrogen-bond acceptors (Lipinski definition) is 3. The predicted molar refractivity (Wildman–Crippen MR) is 80.2 cm³/mol. The number of rotatable bonds is 3. The van der Waals surface area contributed by atoms with Gasteiger partial charge in [0, 0.05) is 19.6 Å². The van der Waals surface area contributed by atoms with Gasteiger partial charge in [-0.3, -0.25) is 4.79 Å². The second-order valence-corrected chi connectivity index (χ2v) is 5.41. The van der Waals surface area contributed by atoms with E-state index in [1.807, 2.05) is 24.8 Å². The Balaban J connectivity index is 2.08. The smallest absolute Gasteiger partial charge is 0.227 e. The Morgan fingerprint density at radius 2 is 2.05 bits per heavy atom. The Morgan fingerprint density at radius 1 is 1.25 bits per heavy atom. The number of nitrogens with one attached hydrogen (secondary N) is 1. The van der Waals surface area contributed by atoms with E-state index >= 15 is 0 Å². The van der Waals surface area contributed by atoms with E-state index in [-0.39, 0.29) is 5.91 Å². The van der Waals surface area contributed by atoms with Gasteiger partial charge in [-0.1, -0.05) is 6.07 Å². The number of benzene rings is 1. The van der Waals surface area contributed by atoms with Crippen molar-refractivity contribution in [2.24, 2.45) is 0 Å². The van der Waals surface area contributed by atoms with Crippen molar-refractivity contribution in [2.45, 2.75) is 26.7 Å². The molecule has 0 aromatic heterocycles. The summed E-state index contributed by atoms with van der Waals surface area (Å²) in [5.74, 6) is 1.11. The van der Waals surface area contributed by atoms with Gasteiger partial charge in [0.25, 0.3) is 0 Å². The molecule has 1 aliphatic heterocycles. The van der Waals surface area contributed by atoms with Crippen LogP contribution in [0.15, 0.2) is 12.1 Å². The average Bonchev–Trinajstić information content (AvgIpc) is 2.71. The van der Waals surface area contributed by atoms with E-state index in [0.29, 0.717) is 6.42 Å². The van der Waals surface area contributed by atoms with Crippen LogP contribution in [0.1, 0.15) is 23.1 Å². The zero-order valence-corrected chi connectivity index (χ0v) is 12.7. The van der Waals surface area contributed by atoms with Crippen molar-refractivity contribution in [3.63, 3.8) is 0 Å². The normalized spacial score (nSPS) is 15.8. The molecule has 0 bridgehead atoms. The molecule has 1 aromatic rings. The highest BCUT2D eigenvalue weighted by atomic mass is 16.5. The second-order valence-electron chi connectivity index (χ2n) is 5.41. The zero-order chi connectivity index (χ0) is 14.5. The van der Waals surface area contributed by atoms with Crippen molar-refractivity contribution in [3.05, 3.63) is 28.8 Å². The SMILES string of the molecule is COc1cc(C)c(CC(=O)N2CCCNCC2)cc1C. The Morgan fingerprint density at radius 3 is 2.80 bits per heavy atom. The summed E-state index contributed by atoms with van der Waals surface area (Å²) in [7, 11) is 1.68. The molecular formula is C16H24N2O2. The molecule has 0 aliphatic carbocycles. The van der Waals surface area contributed by atoms with Crippen LogP contribution in [0.3, 0.4) is 0 Å². The van der Waals surface area contributed by atoms with Crippen LogP contribution in [0, 0.1) is 13.8 Å². The molecule has 0 radical (unpaired) electrons. The van der Waals surface area contributed by atoms with Gasteiger partial charge in [-0.15, -0.1) is 0 Å². The molecule has 1 amide bonds. The Labute approximate surface area is 121 Å². The quantitative estimate of drug-likeness (QED) is 0.913. The van der Waals surface area contributed by atoms with E-state index in [0.717, 1.165) is 55.0 Å². The summed E-state index contributed by atoms with van der Waals surface area (Å²) in [6.45, 7) is 7.63. The number of methoxy groups -OCH3 is 1. The highest BCUT2D eigenvalue weighted by Crippen LogP contribution is 2.23. The van der Waals surface area contributed by atoms with Crippen LogP contribution in [-0.2, 0) is 11.2 Å². The molecule has 0 unspecified atom stereocenters. The predicted octanol–water partition coefficient (Wildman–Crippen LogP) is 1.68. The summed E-state index contributed by atoms with van der Waals surface area (Å²) in [5, 5.41) is 3.32. The summed E-state index contributed by atoms with van der Waals surface area (Å²) in [6.07, 6.45) is 1.52. The van der Waals surface area contributed by atoms with Crippen molar-refractivity contribution in [1.82, 2.24) is 10.2 Å². The molecule has 1 aromatic carbocycles. The molecule has 1 aliphatic rings. The van der Waals surface area contributed by atoms with Crippen molar-refractivity contribution >= 4 is 5.91 Å². The minimum atomic E-state index is 0.223. The molecule has 1 N–H and O–H groups in total. The highest BCUT2D eigenvalue weighted by Gasteiger charge is 2.17. The zero-order valence-electron chi connectivity index (χ0n) is 12.7. The highest BCUT2D eigenvalue weighted by molar-refractivity contribution is 5.79. The van der Waals surface area contributed by atoms with Crippen molar-refractivity contribution in [2.75, 3.05) is 33.3 Å². The lowest BCUT2D eigenvalue weighted by atomic mass is 10.0. The number of ether oxygens (including phenoxy) is 1. The molecule has 1 saturated heterocycles. The van der Waals surface area contributed by atoms with E-state index in [9.17, 15) is 4.79 Å². The third-order valence-corrected chi connectivity index (χ3v) is 3.89. The van der Waals surface area contributed by atoms with E-state index in [1.165, 1.54) is 0 Å². The maximum absolute atomic E-state index is 12.4. The second kappa shape index (κ2) is 6.75. The number of nitrogens with zero attached hydrogens (tertiary/aromatic N) is 1. The topological polar surface area (TPSA) is 41.6 Å². The molecular weight excluding hydrogens is 252 g/mol. The lowest BCUT2D eigenvalue weighted by Crippen LogP contribution is -2.35. The average molecular weight is 276 g/mol. The molecule has 20 heavy (non-hydrogen) atoms. The molecule has 0 saturated carbocycles. The van der Waals surface area contributed by atoms with E-state index < -0.39 is 0 Å². The van der Waals surface area contributed by atoms with Crippen molar-refractivity contribution in [3.8, 4) is 5.75 Å². The van der Waals surface area contributed by atoms with Crippen molar-refractivity contribution in [1.29, 1.82) is 0 Å². The fourth-order valence-electron chi connectivity index (χ4n) is 2.63. The van der Waals surface area contributed by atoms with Crippen LogP contribution >= 0.6 is 0 Å². The summed E-state index contributed by atoms with van der Waals surface area (Å²) >= 11 is 0. The molecule has 110 valence electrons. The number of aryl methyl sites for hydroxylation is 2.